The van der Waals surface area contributed by atoms with Crippen LogP contribution >= 0.6 is 11.6 Å². The number of aromatic nitrogens is 1. The molecule has 0 aliphatic heterocycles. The Balaban J connectivity index is 1.63. The predicted molar refractivity (Wildman–Crippen MR) is 85.7 cm³/mol. The molecule has 3 nitrogen and oxygen atoms in total. The van der Waals surface area contributed by atoms with Crippen molar-refractivity contribution in [2.75, 3.05) is 6.54 Å². The first kappa shape index (κ1) is 14.3. The minimum atomic E-state index is -0.0996. The molecule has 1 aliphatic rings. The van der Waals surface area contributed by atoms with Crippen LogP contribution in [0.3, 0.4) is 0 Å². The number of rotatable bonds is 3. The van der Waals surface area contributed by atoms with E-state index in [0.717, 1.165) is 36.6 Å². The molecule has 4 heteroatoms. The molecule has 2 unspecified atom stereocenters. The second kappa shape index (κ2) is 6.44. The van der Waals surface area contributed by atoms with Crippen molar-refractivity contribution >= 4 is 28.4 Å². The van der Waals surface area contributed by atoms with Gasteiger partial charge in [0, 0.05) is 17.3 Å². The number of hydrogen-bond donors (Lipinski definition) is 1. The lowest BCUT2D eigenvalue weighted by molar-refractivity contribution is 0.0939. The fourth-order valence-corrected chi connectivity index (χ4v) is 3.34. The molecule has 1 aromatic heterocycles. The number of carbonyl (C=O) groups is 1. The number of carbonyl (C=O) groups excluding carboxylic acids is 1. The summed E-state index contributed by atoms with van der Waals surface area (Å²) in [5, 5.41) is 4.30. The van der Waals surface area contributed by atoms with Gasteiger partial charge in [-0.3, -0.25) is 4.79 Å². The minimum Gasteiger partial charge on any atom is -0.350 e. The summed E-state index contributed by atoms with van der Waals surface area (Å²) < 4.78 is 0. The van der Waals surface area contributed by atoms with Crippen molar-refractivity contribution in [2.45, 2.75) is 31.1 Å². The van der Waals surface area contributed by atoms with Crippen molar-refractivity contribution in [3.63, 3.8) is 0 Å². The van der Waals surface area contributed by atoms with Crippen molar-refractivity contribution in [3.05, 3.63) is 42.1 Å². The van der Waals surface area contributed by atoms with E-state index >= 15 is 0 Å². The fraction of sp³-hybridized carbons (Fsp3) is 0.412. The standard InChI is InChI=1S/C17H19ClN2O/c18-14-6-3-4-12(10-14)11-19-17(21)16-9-8-13-5-1-2-7-15(13)20-16/h1-2,5,7-9,12,14H,3-4,6,10-11H2,(H,19,21). The van der Waals surface area contributed by atoms with Crippen molar-refractivity contribution in [1.29, 1.82) is 0 Å². The van der Waals surface area contributed by atoms with E-state index in [1.165, 1.54) is 0 Å². The largest absolute Gasteiger partial charge is 0.350 e. The Kier molecular flexibility index (Phi) is 4.39. The zero-order valence-corrected chi connectivity index (χ0v) is 12.6. The molecule has 0 radical (unpaired) electrons. The van der Waals surface area contributed by atoms with Gasteiger partial charge < -0.3 is 5.32 Å². The number of nitrogens with zero attached hydrogens (tertiary/aromatic N) is 1. The van der Waals surface area contributed by atoms with E-state index in [1.54, 1.807) is 6.07 Å². The topological polar surface area (TPSA) is 42.0 Å². The summed E-state index contributed by atoms with van der Waals surface area (Å²) in [6, 6.07) is 11.5. The molecule has 0 spiro atoms. The molecule has 0 bridgehead atoms. The summed E-state index contributed by atoms with van der Waals surface area (Å²) in [7, 11) is 0. The van der Waals surface area contributed by atoms with Crippen LogP contribution in [0.2, 0.25) is 0 Å². The average molecular weight is 303 g/mol. The molecule has 3 rings (SSSR count). The van der Waals surface area contributed by atoms with Crippen LogP contribution in [0.25, 0.3) is 10.9 Å². The highest BCUT2D eigenvalue weighted by Gasteiger charge is 2.21. The molecular formula is C17H19ClN2O. The molecule has 1 saturated carbocycles. The highest BCUT2D eigenvalue weighted by atomic mass is 35.5. The van der Waals surface area contributed by atoms with Gasteiger partial charge in [-0.1, -0.05) is 30.7 Å². The van der Waals surface area contributed by atoms with Crippen LogP contribution in [0, 0.1) is 5.92 Å². The SMILES string of the molecule is O=C(NCC1CCCC(Cl)C1)c1ccc2ccccc2n1. The Bertz CT molecular complexity index is 643. The van der Waals surface area contributed by atoms with Gasteiger partial charge in [-0.15, -0.1) is 11.6 Å². The molecule has 1 amide bonds. The Hall–Kier alpha value is -1.61. The van der Waals surface area contributed by atoms with Crippen LogP contribution in [-0.4, -0.2) is 22.8 Å². The number of para-hydroxylation sites is 1. The molecule has 110 valence electrons. The van der Waals surface area contributed by atoms with E-state index in [0.29, 0.717) is 18.2 Å². The number of halogens is 1. The number of nitrogens with one attached hydrogen (secondary N) is 1. The first-order chi connectivity index (χ1) is 10.2. The van der Waals surface area contributed by atoms with Crippen LogP contribution in [-0.2, 0) is 0 Å². The van der Waals surface area contributed by atoms with Crippen molar-refractivity contribution in [2.24, 2.45) is 5.92 Å². The van der Waals surface area contributed by atoms with Gasteiger partial charge in [0.15, 0.2) is 0 Å². The lowest BCUT2D eigenvalue weighted by atomic mass is 9.89. The Morgan fingerprint density at radius 2 is 2.10 bits per heavy atom. The molecule has 2 aromatic rings. The minimum absolute atomic E-state index is 0.0996. The Morgan fingerprint density at radius 3 is 2.95 bits per heavy atom. The van der Waals surface area contributed by atoms with Gasteiger partial charge >= 0.3 is 0 Å². The summed E-state index contributed by atoms with van der Waals surface area (Å²) >= 11 is 6.18. The van der Waals surface area contributed by atoms with E-state index in [-0.39, 0.29) is 11.3 Å². The fourth-order valence-electron chi connectivity index (χ4n) is 2.93. The van der Waals surface area contributed by atoms with E-state index < -0.39 is 0 Å². The number of fused-ring (bicyclic) bond motifs is 1. The number of alkyl halides is 1. The number of pyridine rings is 1. The van der Waals surface area contributed by atoms with Gasteiger partial charge in [0.2, 0.25) is 0 Å². The highest BCUT2D eigenvalue weighted by Crippen LogP contribution is 2.27. The summed E-state index contributed by atoms with van der Waals surface area (Å²) in [6.45, 7) is 0.691. The molecule has 1 aromatic carbocycles. The van der Waals surface area contributed by atoms with Gasteiger partial charge in [0.05, 0.1) is 5.52 Å². The van der Waals surface area contributed by atoms with E-state index in [9.17, 15) is 4.79 Å². The Labute approximate surface area is 129 Å². The van der Waals surface area contributed by atoms with Crippen LogP contribution in [0.1, 0.15) is 36.2 Å². The van der Waals surface area contributed by atoms with Crippen molar-refractivity contribution in [1.82, 2.24) is 10.3 Å². The smallest absolute Gasteiger partial charge is 0.269 e. The van der Waals surface area contributed by atoms with Crippen LogP contribution in [0.5, 0.6) is 0 Å². The Morgan fingerprint density at radius 1 is 1.24 bits per heavy atom. The number of benzene rings is 1. The highest BCUT2D eigenvalue weighted by molar-refractivity contribution is 6.20. The maximum absolute atomic E-state index is 12.2. The zero-order chi connectivity index (χ0) is 14.7. The summed E-state index contributed by atoms with van der Waals surface area (Å²) in [4.78, 5) is 16.6. The van der Waals surface area contributed by atoms with Crippen molar-refractivity contribution < 1.29 is 4.79 Å². The van der Waals surface area contributed by atoms with Gasteiger partial charge in [0.25, 0.3) is 5.91 Å². The molecular weight excluding hydrogens is 284 g/mol. The second-order valence-electron chi connectivity index (χ2n) is 5.73. The quantitative estimate of drug-likeness (QED) is 0.877. The van der Waals surface area contributed by atoms with Crippen LogP contribution in [0.15, 0.2) is 36.4 Å². The molecule has 1 aliphatic carbocycles. The van der Waals surface area contributed by atoms with Gasteiger partial charge in [0.1, 0.15) is 5.69 Å². The maximum atomic E-state index is 12.2. The van der Waals surface area contributed by atoms with E-state index in [2.05, 4.69) is 10.3 Å². The molecule has 2 atom stereocenters. The van der Waals surface area contributed by atoms with Gasteiger partial charge in [-0.25, -0.2) is 4.98 Å². The van der Waals surface area contributed by atoms with Crippen LogP contribution in [0.4, 0.5) is 0 Å². The van der Waals surface area contributed by atoms with Crippen molar-refractivity contribution in [3.8, 4) is 0 Å². The van der Waals surface area contributed by atoms with E-state index in [1.807, 2.05) is 30.3 Å². The molecule has 0 saturated heterocycles. The first-order valence-corrected chi connectivity index (χ1v) is 7.94. The average Bonchev–Trinajstić information content (AvgIpc) is 2.52. The third-order valence-corrected chi connectivity index (χ3v) is 4.50. The van der Waals surface area contributed by atoms with Crippen LogP contribution < -0.4 is 5.32 Å². The van der Waals surface area contributed by atoms with Gasteiger partial charge in [-0.05, 0) is 37.3 Å². The lowest BCUT2D eigenvalue weighted by Crippen LogP contribution is -2.32. The summed E-state index contributed by atoms with van der Waals surface area (Å²) in [5.74, 6) is 0.392. The predicted octanol–water partition coefficient (Wildman–Crippen LogP) is 3.76. The molecule has 1 N–H and O–H groups in total. The number of hydrogen-bond acceptors (Lipinski definition) is 2. The lowest BCUT2D eigenvalue weighted by Gasteiger charge is -2.25. The monoisotopic (exact) mass is 302 g/mol. The first-order valence-electron chi connectivity index (χ1n) is 7.50. The maximum Gasteiger partial charge on any atom is 0.269 e. The third-order valence-electron chi connectivity index (χ3n) is 4.10. The van der Waals surface area contributed by atoms with Gasteiger partial charge in [-0.2, -0.15) is 0 Å². The summed E-state index contributed by atoms with van der Waals surface area (Å²) in [5.41, 5.74) is 1.33. The molecule has 1 fully saturated rings. The zero-order valence-electron chi connectivity index (χ0n) is 11.9. The normalized spacial score (nSPS) is 22.1. The third kappa shape index (κ3) is 3.53. The second-order valence-corrected chi connectivity index (χ2v) is 6.35. The number of amides is 1. The summed E-state index contributed by atoms with van der Waals surface area (Å²) in [6.07, 6.45) is 4.39. The van der Waals surface area contributed by atoms with E-state index in [4.69, 9.17) is 11.6 Å². The molecule has 21 heavy (non-hydrogen) atoms. The molecule has 1 heterocycles.